The zero-order valence-electron chi connectivity index (χ0n) is 20.2. The summed E-state index contributed by atoms with van der Waals surface area (Å²) in [5.74, 6) is -0.682. The highest BCUT2D eigenvalue weighted by Gasteiger charge is 2.32. The number of ether oxygens (including phenoxy) is 1. The van der Waals surface area contributed by atoms with Gasteiger partial charge in [0.25, 0.3) is 0 Å². The summed E-state index contributed by atoms with van der Waals surface area (Å²) >= 11 is 0. The highest BCUT2D eigenvalue weighted by molar-refractivity contribution is 5.75. The van der Waals surface area contributed by atoms with Gasteiger partial charge < -0.3 is 15.8 Å². The Morgan fingerprint density at radius 3 is 2.67 bits per heavy atom. The number of hydrogen-bond donors (Lipinski definition) is 2. The van der Waals surface area contributed by atoms with Gasteiger partial charge in [-0.3, -0.25) is 9.78 Å². The number of hydrogen-bond acceptors (Lipinski definition) is 6. The van der Waals surface area contributed by atoms with Gasteiger partial charge >= 0.3 is 0 Å². The molecule has 2 aliphatic rings. The Morgan fingerprint density at radius 2 is 1.94 bits per heavy atom. The average molecular weight is 493 g/mol. The molecular formula is C28H30F2N4O2. The predicted molar refractivity (Wildman–Crippen MR) is 134 cm³/mol. The molecule has 1 aliphatic heterocycles. The first-order chi connectivity index (χ1) is 17.5. The third kappa shape index (κ3) is 4.88. The number of benzene rings is 1. The van der Waals surface area contributed by atoms with E-state index in [1.165, 1.54) is 17.7 Å². The second-order valence-corrected chi connectivity index (χ2v) is 9.90. The van der Waals surface area contributed by atoms with E-state index in [-0.39, 0.29) is 40.7 Å². The first-order valence-electron chi connectivity index (χ1n) is 12.4. The van der Waals surface area contributed by atoms with Crippen LogP contribution in [-0.4, -0.2) is 42.6 Å². The minimum absolute atomic E-state index is 0.00335. The average Bonchev–Trinajstić information content (AvgIpc) is 2.83. The quantitative estimate of drug-likeness (QED) is 0.459. The Morgan fingerprint density at radius 1 is 1.11 bits per heavy atom. The summed E-state index contributed by atoms with van der Waals surface area (Å²) in [5, 5.41) is 3.22. The molecule has 36 heavy (non-hydrogen) atoms. The Balaban J connectivity index is 1.53. The van der Waals surface area contributed by atoms with Crippen molar-refractivity contribution in [3.05, 3.63) is 76.7 Å². The lowest BCUT2D eigenvalue weighted by Crippen LogP contribution is -2.33. The van der Waals surface area contributed by atoms with Crippen LogP contribution in [0.5, 0.6) is 0 Å². The topological polar surface area (TPSA) is 90.1 Å². The van der Waals surface area contributed by atoms with Crippen molar-refractivity contribution in [1.29, 1.82) is 0 Å². The molecule has 1 saturated heterocycles. The Labute approximate surface area is 209 Å². The molecule has 3 N–H and O–H groups in total. The minimum atomic E-state index is -0.658. The molecule has 3 aromatic rings. The van der Waals surface area contributed by atoms with Crippen molar-refractivity contribution in [1.82, 2.24) is 9.97 Å². The molecule has 0 radical (unpaired) electrons. The number of aromatic nitrogens is 2. The lowest BCUT2D eigenvalue weighted by atomic mass is 9.73. The number of aldehydes is 1. The summed E-state index contributed by atoms with van der Waals surface area (Å²) in [4.78, 5) is 19.7. The molecule has 5 rings (SSSR count). The summed E-state index contributed by atoms with van der Waals surface area (Å²) in [7, 11) is 1.88. The molecule has 0 amide bonds. The van der Waals surface area contributed by atoms with E-state index in [2.05, 4.69) is 15.3 Å². The molecule has 188 valence electrons. The van der Waals surface area contributed by atoms with Crippen molar-refractivity contribution in [3.8, 4) is 11.3 Å². The molecule has 6 nitrogen and oxygen atoms in total. The van der Waals surface area contributed by atoms with E-state index >= 15 is 4.39 Å². The number of nitrogens with zero attached hydrogens (tertiary/aromatic N) is 2. The number of anilines is 1. The first-order valence-corrected chi connectivity index (χ1v) is 12.4. The van der Waals surface area contributed by atoms with Crippen LogP contribution in [0.25, 0.3) is 11.3 Å². The SMILES string of the molecule is CNc1cnccc1C1CC(N)CC(Cc2cc(C3COC3)cc(F)c2-c2nc(C=O)ccc2F)C1. The standard InChI is InChI=1S/C28H30F2N4O2/c1-32-26-12-33-5-4-23(26)18-6-16(8-21(31)10-18)7-19-9-17(20-14-36-15-20)11-25(30)27(19)28-24(29)3-2-22(13-35)34-28/h2-5,9,11-13,16,18,20-21,32H,6-8,10,14-15,31H2,1H3. The Bertz CT molecular complexity index is 1260. The lowest BCUT2D eigenvalue weighted by molar-refractivity contribution is 0.00829. The van der Waals surface area contributed by atoms with Crippen molar-refractivity contribution in [2.24, 2.45) is 11.7 Å². The van der Waals surface area contributed by atoms with Crippen LogP contribution in [-0.2, 0) is 11.2 Å². The van der Waals surface area contributed by atoms with E-state index in [0.717, 1.165) is 36.6 Å². The molecule has 1 aliphatic carbocycles. The van der Waals surface area contributed by atoms with E-state index in [4.69, 9.17) is 10.5 Å². The Hall–Kier alpha value is -3.23. The van der Waals surface area contributed by atoms with Crippen molar-refractivity contribution < 1.29 is 18.3 Å². The molecule has 1 saturated carbocycles. The number of pyridine rings is 2. The van der Waals surface area contributed by atoms with E-state index in [9.17, 15) is 9.18 Å². The number of carbonyl (C=O) groups excluding carboxylic acids is 1. The number of carbonyl (C=O) groups is 1. The second kappa shape index (κ2) is 10.4. The van der Waals surface area contributed by atoms with Gasteiger partial charge in [-0.1, -0.05) is 6.07 Å². The molecular weight excluding hydrogens is 462 g/mol. The molecule has 1 aromatic carbocycles. The lowest BCUT2D eigenvalue weighted by Gasteiger charge is -2.35. The zero-order chi connectivity index (χ0) is 25.2. The van der Waals surface area contributed by atoms with Gasteiger partial charge in [0.2, 0.25) is 0 Å². The van der Waals surface area contributed by atoms with Gasteiger partial charge in [-0.2, -0.15) is 0 Å². The fourth-order valence-corrected chi connectivity index (χ4v) is 5.66. The van der Waals surface area contributed by atoms with E-state index in [1.807, 2.05) is 25.4 Å². The van der Waals surface area contributed by atoms with Crippen LogP contribution in [0.1, 0.15) is 58.3 Å². The van der Waals surface area contributed by atoms with Gasteiger partial charge in [0, 0.05) is 30.8 Å². The van der Waals surface area contributed by atoms with Crippen LogP contribution >= 0.6 is 0 Å². The third-order valence-electron chi connectivity index (χ3n) is 7.44. The number of nitrogens with two attached hydrogens (primary N) is 1. The maximum Gasteiger partial charge on any atom is 0.168 e. The summed E-state index contributed by atoms with van der Waals surface area (Å²) in [6.45, 7) is 1.08. The number of halogens is 2. The van der Waals surface area contributed by atoms with E-state index < -0.39 is 11.6 Å². The number of rotatable bonds is 7. The molecule has 3 heterocycles. The molecule has 0 bridgehead atoms. The van der Waals surface area contributed by atoms with Gasteiger partial charge in [-0.15, -0.1) is 0 Å². The summed E-state index contributed by atoms with van der Waals surface area (Å²) in [6.07, 6.45) is 7.19. The van der Waals surface area contributed by atoms with Crippen molar-refractivity contribution in [2.45, 2.75) is 43.6 Å². The second-order valence-electron chi connectivity index (χ2n) is 9.90. The van der Waals surface area contributed by atoms with Crippen LogP contribution in [0.4, 0.5) is 14.5 Å². The molecule has 0 spiro atoms. The zero-order valence-corrected chi connectivity index (χ0v) is 20.2. The normalized spacial score (nSPS) is 22.2. The predicted octanol–water partition coefficient (Wildman–Crippen LogP) is 4.84. The fourth-order valence-electron chi connectivity index (χ4n) is 5.66. The van der Waals surface area contributed by atoms with E-state index in [1.54, 1.807) is 6.20 Å². The van der Waals surface area contributed by atoms with Crippen LogP contribution in [0.3, 0.4) is 0 Å². The van der Waals surface area contributed by atoms with Gasteiger partial charge in [0.05, 0.1) is 25.1 Å². The maximum atomic E-state index is 15.6. The van der Waals surface area contributed by atoms with Gasteiger partial charge in [-0.05, 0) is 78.5 Å². The van der Waals surface area contributed by atoms with Gasteiger partial charge in [0.1, 0.15) is 23.0 Å². The summed E-state index contributed by atoms with van der Waals surface area (Å²) < 4.78 is 35.8. The smallest absolute Gasteiger partial charge is 0.168 e. The largest absolute Gasteiger partial charge is 0.387 e. The monoisotopic (exact) mass is 492 g/mol. The number of nitrogens with one attached hydrogen (secondary N) is 1. The van der Waals surface area contributed by atoms with Gasteiger partial charge in [0.15, 0.2) is 6.29 Å². The molecule has 2 aromatic heterocycles. The molecule has 3 atom stereocenters. The highest BCUT2D eigenvalue weighted by Crippen LogP contribution is 2.42. The fraction of sp³-hybridized carbons (Fsp3) is 0.393. The van der Waals surface area contributed by atoms with Crippen LogP contribution in [0.15, 0.2) is 42.7 Å². The minimum Gasteiger partial charge on any atom is -0.387 e. The van der Waals surface area contributed by atoms with Crippen LogP contribution in [0.2, 0.25) is 0 Å². The van der Waals surface area contributed by atoms with E-state index in [0.29, 0.717) is 31.5 Å². The van der Waals surface area contributed by atoms with Crippen molar-refractivity contribution in [2.75, 3.05) is 25.6 Å². The molecule has 2 fully saturated rings. The van der Waals surface area contributed by atoms with Crippen LogP contribution < -0.4 is 11.1 Å². The van der Waals surface area contributed by atoms with Crippen LogP contribution in [0, 0.1) is 17.6 Å². The van der Waals surface area contributed by atoms with Crippen molar-refractivity contribution in [3.63, 3.8) is 0 Å². The summed E-state index contributed by atoms with van der Waals surface area (Å²) in [6, 6.07) is 7.89. The molecule has 8 heteroatoms. The highest BCUT2D eigenvalue weighted by atomic mass is 19.1. The first kappa shape index (κ1) is 24.5. The molecule has 3 unspecified atom stereocenters. The Kier molecular flexibility index (Phi) is 7.07. The van der Waals surface area contributed by atoms with Crippen molar-refractivity contribution >= 4 is 12.0 Å². The van der Waals surface area contributed by atoms with Gasteiger partial charge in [-0.25, -0.2) is 13.8 Å². The maximum absolute atomic E-state index is 15.6. The summed E-state index contributed by atoms with van der Waals surface area (Å²) in [5.41, 5.74) is 10.2. The third-order valence-corrected chi connectivity index (χ3v) is 7.44.